The van der Waals surface area contributed by atoms with Crippen LogP contribution >= 0.6 is 0 Å². The molecule has 2 rings (SSSR count). The van der Waals surface area contributed by atoms with Gasteiger partial charge in [0.05, 0.1) is 12.7 Å². The first-order valence-electron chi connectivity index (χ1n) is 7.13. The number of rotatable bonds is 5. The SMILES string of the molecule is CC(C)C(=O)N[C@@H](CN1C[C@H]2C[C@@H]1CO2)C(C)C. The van der Waals surface area contributed by atoms with Gasteiger partial charge in [-0.2, -0.15) is 0 Å². The van der Waals surface area contributed by atoms with E-state index in [9.17, 15) is 4.79 Å². The van der Waals surface area contributed by atoms with Crippen LogP contribution in [0.2, 0.25) is 0 Å². The minimum Gasteiger partial charge on any atom is -0.375 e. The van der Waals surface area contributed by atoms with Crippen molar-refractivity contribution in [2.75, 3.05) is 19.7 Å². The first kappa shape index (κ1) is 13.8. The zero-order valence-corrected chi connectivity index (χ0v) is 12.0. The van der Waals surface area contributed by atoms with E-state index in [1.807, 2.05) is 13.8 Å². The van der Waals surface area contributed by atoms with Crippen LogP contribution in [0, 0.1) is 11.8 Å². The summed E-state index contributed by atoms with van der Waals surface area (Å²) in [7, 11) is 0. The highest BCUT2D eigenvalue weighted by Crippen LogP contribution is 2.28. The number of nitrogens with zero attached hydrogens (tertiary/aromatic N) is 1. The van der Waals surface area contributed by atoms with E-state index < -0.39 is 0 Å². The molecule has 1 N–H and O–H groups in total. The second-order valence-electron chi connectivity index (χ2n) is 6.31. The van der Waals surface area contributed by atoms with Crippen LogP contribution in [0.5, 0.6) is 0 Å². The van der Waals surface area contributed by atoms with E-state index in [4.69, 9.17) is 4.74 Å². The van der Waals surface area contributed by atoms with Crippen LogP contribution in [0.25, 0.3) is 0 Å². The van der Waals surface area contributed by atoms with Crippen LogP contribution in [0.15, 0.2) is 0 Å². The van der Waals surface area contributed by atoms with Gasteiger partial charge < -0.3 is 10.1 Å². The van der Waals surface area contributed by atoms with Gasteiger partial charge in [0.1, 0.15) is 0 Å². The molecule has 104 valence electrons. The summed E-state index contributed by atoms with van der Waals surface area (Å²) < 4.78 is 5.61. The number of morpholine rings is 1. The molecule has 1 amide bonds. The lowest BCUT2D eigenvalue weighted by molar-refractivity contribution is -0.125. The van der Waals surface area contributed by atoms with E-state index in [1.54, 1.807) is 0 Å². The van der Waals surface area contributed by atoms with Gasteiger partial charge in [-0.3, -0.25) is 9.69 Å². The molecule has 0 aromatic rings. The highest BCUT2D eigenvalue weighted by atomic mass is 16.5. The molecule has 18 heavy (non-hydrogen) atoms. The Morgan fingerprint density at radius 1 is 1.39 bits per heavy atom. The van der Waals surface area contributed by atoms with E-state index in [2.05, 4.69) is 24.1 Å². The molecule has 2 aliphatic heterocycles. The Labute approximate surface area is 110 Å². The first-order chi connectivity index (χ1) is 8.47. The third-order valence-electron chi connectivity index (χ3n) is 4.10. The number of hydrogen-bond acceptors (Lipinski definition) is 3. The summed E-state index contributed by atoms with van der Waals surface area (Å²) in [6.07, 6.45) is 1.60. The van der Waals surface area contributed by atoms with Crippen molar-refractivity contribution < 1.29 is 9.53 Å². The lowest BCUT2D eigenvalue weighted by Crippen LogP contribution is -2.50. The van der Waals surface area contributed by atoms with E-state index in [0.717, 1.165) is 19.7 Å². The molecule has 2 aliphatic rings. The fourth-order valence-corrected chi connectivity index (χ4v) is 2.73. The molecule has 2 bridgehead atoms. The Morgan fingerprint density at radius 3 is 2.56 bits per heavy atom. The van der Waals surface area contributed by atoms with Crippen LogP contribution < -0.4 is 5.32 Å². The minimum atomic E-state index is 0.0598. The third kappa shape index (κ3) is 3.04. The van der Waals surface area contributed by atoms with E-state index in [0.29, 0.717) is 18.1 Å². The van der Waals surface area contributed by atoms with Gasteiger partial charge in [-0.15, -0.1) is 0 Å². The zero-order valence-electron chi connectivity index (χ0n) is 12.0. The average molecular weight is 254 g/mol. The third-order valence-corrected chi connectivity index (χ3v) is 4.10. The smallest absolute Gasteiger partial charge is 0.222 e. The fraction of sp³-hybridized carbons (Fsp3) is 0.929. The predicted octanol–water partition coefficient (Wildman–Crippen LogP) is 1.26. The van der Waals surface area contributed by atoms with Crippen LogP contribution in [0.1, 0.15) is 34.1 Å². The number of hydrogen-bond donors (Lipinski definition) is 1. The van der Waals surface area contributed by atoms with Crippen LogP contribution in [-0.4, -0.2) is 48.7 Å². The van der Waals surface area contributed by atoms with Crippen molar-refractivity contribution in [3.8, 4) is 0 Å². The summed E-state index contributed by atoms with van der Waals surface area (Å²) in [6.45, 7) is 11.1. The highest BCUT2D eigenvalue weighted by molar-refractivity contribution is 5.78. The van der Waals surface area contributed by atoms with Gasteiger partial charge in [-0.1, -0.05) is 27.7 Å². The second-order valence-corrected chi connectivity index (χ2v) is 6.31. The van der Waals surface area contributed by atoms with Crippen molar-refractivity contribution in [2.24, 2.45) is 11.8 Å². The number of fused-ring (bicyclic) bond motifs is 2. The zero-order chi connectivity index (χ0) is 13.3. The van der Waals surface area contributed by atoms with Crippen molar-refractivity contribution in [3.63, 3.8) is 0 Å². The second kappa shape index (κ2) is 5.57. The molecule has 0 aromatic heterocycles. The van der Waals surface area contributed by atoms with Crippen molar-refractivity contribution in [1.29, 1.82) is 0 Å². The first-order valence-corrected chi connectivity index (χ1v) is 7.13. The van der Waals surface area contributed by atoms with Gasteiger partial charge >= 0.3 is 0 Å². The Morgan fingerprint density at radius 2 is 2.11 bits per heavy atom. The molecule has 3 atom stereocenters. The minimum absolute atomic E-state index is 0.0598. The van der Waals surface area contributed by atoms with Gasteiger partial charge in [0.15, 0.2) is 0 Å². The molecule has 0 spiro atoms. The Bertz CT molecular complexity index is 304. The van der Waals surface area contributed by atoms with E-state index >= 15 is 0 Å². The summed E-state index contributed by atoms with van der Waals surface area (Å²) in [4.78, 5) is 14.3. The Balaban J connectivity index is 1.88. The van der Waals surface area contributed by atoms with Crippen LogP contribution in [0.4, 0.5) is 0 Å². The number of likely N-dealkylation sites (tertiary alicyclic amines) is 1. The maximum absolute atomic E-state index is 11.8. The monoisotopic (exact) mass is 254 g/mol. The summed E-state index contributed by atoms with van der Waals surface area (Å²) in [5, 5.41) is 3.18. The molecule has 2 heterocycles. The molecular weight excluding hydrogens is 228 g/mol. The van der Waals surface area contributed by atoms with E-state index in [-0.39, 0.29) is 17.9 Å². The molecule has 4 nitrogen and oxygen atoms in total. The van der Waals surface area contributed by atoms with Crippen molar-refractivity contribution >= 4 is 5.91 Å². The maximum atomic E-state index is 11.8. The molecule has 0 unspecified atom stereocenters. The Hall–Kier alpha value is -0.610. The average Bonchev–Trinajstić information content (AvgIpc) is 2.89. The van der Waals surface area contributed by atoms with E-state index in [1.165, 1.54) is 6.42 Å². The topological polar surface area (TPSA) is 41.6 Å². The van der Waals surface area contributed by atoms with Crippen molar-refractivity contribution in [1.82, 2.24) is 10.2 Å². The van der Waals surface area contributed by atoms with Gasteiger partial charge in [-0.25, -0.2) is 0 Å². The summed E-state index contributed by atoms with van der Waals surface area (Å²) in [5.74, 6) is 0.687. The summed E-state index contributed by atoms with van der Waals surface area (Å²) in [6, 6.07) is 0.825. The normalized spacial score (nSPS) is 29.2. The van der Waals surface area contributed by atoms with Gasteiger partial charge in [0.2, 0.25) is 5.91 Å². The van der Waals surface area contributed by atoms with Crippen molar-refractivity contribution in [3.05, 3.63) is 0 Å². The van der Waals surface area contributed by atoms with Gasteiger partial charge in [0, 0.05) is 31.1 Å². The summed E-state index contributed by atoms with van der Waals surface area (Å²) in [5.41, 5.74) is 0. The number of carbonyl (C=O) groups excluding carboxylic acids is 1. The fourth-order valence-electron chi connectivity index (χ4n) is 2.73. The maximum Gasteiger partial charge on any atom is 0.222 e. The van der Waals surface area contributed by atoms with Gasteiger partial charge in [0.25, 0.3) is 0 Å². The molecule has 4 heteroatoms. The van der Waals surface area contributed by atoms with Crippen LogP contribution in [0.3, 0.4) is 0 Å². The lowest BCUT2D eigenvalue weighted by Gasteiger charge is -2.33. The molecule has 0 saturated carbocycles. The molecule has 0 radical (unpaired) electrons. The molecular formula is C14H26N2O2. The predicted molar refractivity (Wildman–Crippen MR) is 71.3 cm³/mol. The number of nitrogens with one attached hydrogen (secondary N) is 1. The molecule has 2 fully saturated rings. The molecule has 2 saturated heterocycles. The van der Waals surface area contributed by atoms with Crippen LogP contribution in [-0.2, 0) is 9.53 Å². The lowest BCUT2D eigenvalue weighted by atomic mass is 10.0. The number of carbonyl (C=O) groups is 1. The highest BCUT2D eigenvalue weighted by Gasteiger charge is 2.40. The standard InChI is InChI=1S/C14H26N2O2/c1-9(2)13(15-14(17)10(3)4)7-16-6-12-5-11(16)8-18-12/h9-13H,5-8H2,1-4H3,(H,15,17)/t11-,12-,13+/m1/s1. The van der Waals surface area contributed by atoms with Crippen molar-refractivity contribution in [2.45, 2.75) is 52.3 Å². The van der Waals surface area contributed by atoms with Gasteiger partial charge in [-0.05, 0) is 12.3 Å². The molecule has 0 aliphatic carbocycles. The summed E-state index contributed by atoms with van der Waals surface area (Å²) >= 11 is 0. The molecule has 0 aromatic carbocycles. The Kier molecular flexibility index (Phi) is 4.28. The number of ether oxygens (including phenoxy) is 1. The number of amides is 1. The largest absolute Gasteiger partial charge is 0.375 e. The quantitative estimate of drug-likeness (QED) is 0.803.